The summed E-state index contributed by atoms with van der Waals surface area (Å²) in [6.45, 7) is 5.20. The number of anilines is 1. The van der Waals surface area contributed by atoms with E-state index in [2.05, 4.69) is 66.6 Å². The molecule has 0 atom stereocenters. The minimum Gasteiger partial charge on any atom is -0.379 e. The number of thiazole rings is 1. The molecule has 0 fully saturated rings. The third kappa shape index (κ3) is 2.83. The van der Waals surface area contributed by atoms with Crippen LogP contribution in [0, 0.1) is 0 Å². The first-order valence-electron chi connectivity index (χ1n) is 6.90. The van der Waals surface area contributed by atoms with Crippen LogP contribution in [0.2, 0.25) is 0 Å². The number of nitrogens with one attached hydrogen (secondary N) is 1. The summed E-state index contributed by atoms with van der Waals surface area (Å²) in [5.74, 6) is 0.577. The molecule has 3 rings (SSSR count). The van der Waals surface area contributed by atoms with Gasteiger partial charge in [0.2, 0.25) is 0 Å². The normalized spacial score (nSPS) is 11.2. The third-order valence-electron chi connectivity index (χ3n) is 3.36. The molecule has 1 aromatic heterocycles. The second kappa shape index (κ2) is 5.63. The molecule has 0 bridgehead atoms. The van der Waals surface area contributed by atoms with Crippen LogP contribution in [-0.2, 0) is 6.54 Å². The van der Waals surface area contributed by atoms with Gasteiger partial charge in [-0.1, -0.05) is 38.1 Å². The van der Waals surface area contributed by atoms with Crippen molar-refractivity contribution < 1.29 is 0 Å². The van der Waals surface area contributed by atoms with Crippen LogP contribution in [0.4, 0.5) is 5.69 Å². The molecule has 102 valence electrons. The highest BCUT2D eigenvalue weighted by Crippen LogP contribution is 2.23. The highest BCUT2D eigenvalue weighted by Gasteiger charge is 2.03. The van der Waals surface area contributed by atoms with Gasteiger partial charge in [0.15, 0.2) is 0 Å². The van der Waals surface area contributed by atoms with Gasteiger partial charge < -0.3 is 5.32 Å². The summed E-state index contributed by atoms with van der Waals surface area (Å²) in [4.78, 5) is 4.63. The number of aromatic nitrogens is 1. The Bertz CT molecular complexity index is 665. The average Bonchev–Trinajstić information content (AvgIpc) is 2.88. The number of para-hydroxylation sites is 1. The first-order valence-corrected chi connectivity index (χ1v) is 7.72. The van der Waals surface area contributed by atoms with Gasteiger partial charge in [-0.15, -0.1) is 11.3 Å². The maximum absolute atomic E-state index is 4.63. The lowest BCUT2D eigenvalue weighted by atomic mass is 10.0. The van der Waals surface area contributed by atoms with Gasteiger partial charge in [0, 0.05) is 5.69 Å². The lowest BCUT2D eigenvalue weighted by Crippen LogP contribution is -1.99. The van der Waals surface area contributed by atoms with Crippen molar-refractivity contribution in [3.63, 3.8) is 0 Å². The summed E-state index contributed by atoms with van der Waals surface area (Å²) >= 11 is 1.75. The fourth-order valence-electron chi connectivity index (χ4n) is 2.16. The molecule has 0 amide bonds. The Kier molecular flexibility index (Phi) is 3.70. The molecule has 0 aliphatic heterocycles. The van der Waals surface area contributed by atoms with E-state index >= 15 is 0 Å². The number of fused-ring (bicyclic) bond motifs is 1. The Balaban J connectivity index is 1.69. The summed E-state index contributed by atoms with van der Waals surface area (Å²) < 4.78 is 1.25. The van der Waals surface area contributed by atoms with E-state index in [1.54, 1.807) is 11.3 Å². The van der Waals surface area contributed by atoms with E-state index in [0.29, 0.717) is 5.92 Å². The van der Waals surface area contributed by atoms with E-state index < -0.39 is 0 Å². The second-order valence-electron chi connectivity index (χ2n) is 5.21. The molecule has 1 heterocycles. The van der Waals surface area contributed by atoms with E-state index in [9.17, 15) is 0 Å². The van der Waals surface area contributed by atoms with Gasteiger partial charge in [-0.2, -0.15) is 0 Å². The largest absolute Gasteiger partial charge is 0.379 e. The SMILES string of the molecule is CC(C)c1ccc(NCc2nc3ccccc3s2)cc1. The highest BCUT2D eigenvalue weighted by molar-refractivity contribution is 7.18. The second-order valence-corrected chi connectivity index (χ2v) is 6.32. The van der Waals surface area contributed by atoms with E-state index in [4.69, 9.17) is 0 Å². The fourth-order valence-corrected chi connectivity index (χ4v) is 3.07. The van der Waals surface area contributed by atoms with Crippen LogP contribution in [0.5, 0.6) is 0 Å². The van der Waals surface area contributed by atoms with Gasteiger partial charge in [-0.25, -0.2) is 4.98 Å². The van der Waals surface area contributed by atoms with Crippen LogP contribution in [0.3, 0.4) is 0 Å². The van der Waals surface area contributed by atoms with Crippen molar-refractivity contribution in [3.8, 4) is 0 Å². The first kappa shape index (κ1) is 13.1. The molecular weight excluding hydrogens is 264 g/mol. The first-order chi connectivity index (χ1) is 9.72. The summed E-state index contributed by atoms with van der Waals surface area (Å²) in [7, 11) is 0. The summed E-state index contributed by atoms with van der Waals surface area (Å²) in [5.41, 5.74) is 3.61. The quantitative estimate of drug-likeness (QED) is 0.725. The molecule has 0 aliphatic carbocycles. The summed E-state index contributed by atoms with van der Waals surface area (Å²) in [5, 5.41) is 4.56. The van der Waals surface area contributed by atoms with Crippen molar-refractivity contribution in [1.82, 2.24) is 4.98 Å². The molecule has 0 unspecified atom stereocenters. The molecule has 0 spiro atoms. The van der Waals surface area contributed by atoms with Crippen molar-refractivity contribution in [2.75, 3.05) is 5.32 Å². The molecule has 0 saturated heterocycles. The lowest BCUT2D eigenvalue weighted by Gasteiger charge is -2.08. The van der Waals surface area contributed by atoms with Gasteiger partial charge in [-0.3, -0.25) is 0 Å². The minimum atomic E-state index is 0.577. The number of nitrogens with zero attached hydrogens (tertiary/aromatic N) is 1. The zero-order chi connectivity index (χ0) is 13.9. The maximum atomic E-state index is 4.63. The predicted octanol–water partition coefficient (Wildman–Crippen LogP) is 5.03. The number of rotatable bonds is 4. The van der Waals surface area contributed by atoms with Gasteiger partial charge in [0.1, 0.15) is 5.01 Å². The van der Waals surface area contributed by atoms with Gasteiger partial charge >= 0.3 is 0 Å². The van der Waals surface area contributed by atoms with Crippen LogP contribution in [0.25, 0.3) is 10.2 Å². The van der Waals surface area contributed by atoms with Crippen molar-refractivity contribution in [3.05, 3.63) is 59.1 Å². The predicted molar refractivity (Wildman–Crippen MR) is 87.5 cm³/mol. The standard InChI is InChI=1S/C17H18N2S/c1-12(2)13-7-9-14(10-8-13)18-11-17-19-15-5-3-4-6-16(15)20-17/h3-10,12,18H,11H2,1-2H3. The smallest absolute Gasteiger partial charge is 0.113 e. The molecule has 0 saturated carbocycles. The third-order valence-corrected chi connectivity index (χ3v) is 4.40. The minimum absolute atomic E-state index is 0.577. The molecule has 2 nitrogen and oxygen atoms in total. The molecular formula is C17H18N2S. The topological polar surface area (TPSA) is 24.9 Å². The van der Waals surface area contributed by atoms with Crippen molar-refractivity contribution >= 4 is 27.2 Å². The maximum Gasteiger partial charge on any atom is 0.113 e. The van der Waals surface area contributed by atoms with Gasteiger partial charge in [-0.05, 0) is 35.7 Å². The van der Waals surface area contributed by atoms with E-state index in [1.807, 2.05) is 6.07 Å². The van der Waals surface area contributed by atoms with Crippen LogP contribution < -0.4 is 5.32 Å². The monoisotopic (exact) mass is 282 g/mol. The summed E-state index contributed by atoms with van der Waals surface area (Å²) in [6.07, 6.45) is 0. The highest BCUT2D eigenvalue weighted by atomic mass is 32.1. The Labute approximate surface area is 123 Å². The Morgan fingerprint density at radius 1 is 1.05 bits per heavy atom. The molecule has 0 radical (unpaired) electrons. The van der Waals surface area contributed by atoms with Crippen molar-refractivity contribution in [2.45, 2.75) is 26.3 Å². The Morgan fingerprint density at radius 3 is 2.50 bits per heavy atom. The number of hydrogen-bond acceptors (Lipinski definition) is 3. The fraction of sp³-hybridized carbons (Fsp3) is 0.235. The average molecular weight is 282 g/mol. The van der Waals surface area contributed by atoms with Crippen LogP contribution >= 0.6 is 11.3 Å². The van der Waals surface area contributed by atoms with Crippen molar-refractivity contribution in [2.24, 2.45) is 0 Å². The molecule has 2 aromatic carbocycles. The van der Waals surface area contributed by atoms with E-state index in [1.165, 1.54) is 10.3 Å². The molecule has 1 N–H and O–H groups in total. The van der Waals surface area contributed by atoms with E-state index in [0.717, 1.165) is 22.8 Å². The Hall–Kier alpha value is -1.87. The molecule has 3 aromatic rings. The van der Waals surface area contributed by atoms with Crippen LogP contribution in [0.1, 0.15) is 30.3 Å². The Morgan fingerprint density at radius 2 is 1.80 bits per heavy atom. The van der Waals surface area contributed by atoms with Crippen LogP contribution in [-0.4, -0.2) is 4.98 Å². The molecule has 20 heavy (non-hydrogen) atoms. The lowest BCUT2D eigenvalue weighted by molar-refractivity contribution is 0.867. The van der Waals surface area contributed by atoms with Crippen molar-refractivity contribution in [1.29, 1.82) is 0 Å². The van der Waals surface area contributed by atoms with Gasteiger partial charge in [0.25, 0.3) is 0 Å². The van der Waals surface area contributed by atoms with E-state index in [-0.39, 0.29) is 0 Å². The molecule has 0 aliphatic rings. The number of hydrogen-bond donors (Lipinski definition) is 1. The van der Waals surface area contributed by atoms with Gasteiger partial charge in [0.05, 0.1) is 16.8 Å². The number of benzene rings is 2. The zero-order valence-corrected chi connectivity index (χ0v) is 12.6. The zero-order valence-electron chi connectivity index (χ0n) is 11.8. The molecule has 3 heteroatoms. The van der Waals surface area contributed by atoms with Crippen LogP contribution in [0.15, 0.2) is 48.5 Å². The summed E-state index contributed by atoms with van der Waals surface area (Å²) in [6, 6.07) is 16.9.